The fourth-order valence-corrected chi connectivity index (χ4v) is 3.44. The van der Waals surface area contributed by atoms with Crippen LogP contribution in [0.4, 0.5) is 0 Å². The summed E-state index contributed by atoms with van der Waals surface area (Å²) in [5.74, 6) is 1.81. The Labute approximate surface area is 133 Å². The normalized spacial score (nSPS) is 10.6. The standard InChI is InChI=1S/C16H18BrNOS/c1-18-10-12-4-3-5-15(8-12)20-11-13-9-14(19-2)6-7-16(13)17/h3-9,18H,10-11H2,1-2H3. The van der Waals surface area contributed by atoms with Gasteiger partial charge in [0.25, 0.3) is 0 Å². The second-order valence-electron chi connectivity index (χ2n) is 4.42. The van der Waals surface area contributed by atoms with Crippen molar-refractivity contribution in [2.75, 3.05) is 14.2 Å². The zero-order valence-corrected chi connectivity index (χ0v) is 14.1. The number of rotatable bonds is 6. The van der Waals surface area contributed by atoms with Gasteiger partial charge >= 0.3 is 0 Å². The molecule has 0 bridgehead atoms. The lowest BCUT2D eigenvalue weighted by atomic mass is 10.2. The molecule has 0 aliphatic heterocycles. The lowest BCUT2D eigenvalue weighted by molar-refractivity contribution is 0.414. The van der Waals surface area contributed by atoms with Crippen LogP contribution in [-0.2, 0) is 12.3 Å². The van der Waals surface area contributed by atoms with Crippen LogP contribution in [0.2, 0.25) is 0 Å². The number of halogens is 1. The van der Waals surface area contributed by atoms with E-state index in [1.54, 1.807) is 7.11 Å². The van der Waals surface area contributed by atoms with Crippen LogP contribution >= 0.6 is 27.7 Å². The fraction of sp³-hybridized carbons (Fsp3) is 0.250. The molecule has 0 aromatic heterocycles. The Morgan fingerprint density at radius 3 is 2.80 bits per heavy atom. The fourth-order valence-electron chi connectivity index (χ4n) is 1.90. The van der Waals surface area contributed by atoms with Gasteiger partial charge in [-0.1, -0.05) is 28.1 Å². The molecule has 4 heteroatoms. The predicted molar refractivity (Wildman–Crippen MR) is 89.5 cm³/mol. The summed E-state index contributed by atoms with van der Waals surface area (Å²) in [6.45, 7) is 0.900. The highest BCUT2D eigenvalue weighted by Gasteiger charge is 2.04. The molecule has 0 saturated heterocycles. The van der Waals surface area contributed by atoms with E-state index in [9.17, 15) is 0 Å². The van der Waals surface area contributed by atoms with Gasteiger partial charge in [0.15, 0.2) is 0 Å². The quantitative estimate of drug-likeness (QED) is 0.775. The summed E-state index contributed by atoms with van der Waals surface area (Å²) in [4.78, 5) is 1.28. The summed E-state index contributed by atoms with van der Waals surface area (Å²) in [5.41, 5.74) is 2.55. The highest BCUT2D eigenvalue weighted by atomic mass is 79.9. The second kappa shape index (κ2) is 7.72. The summed E-state index contributed by atoms with van der Waals surface area (Å²) >= 11 is 5.43. The maximum Gasteiger partial charge on any atom is 0.119 e. The van der Waals surface area contributed by atoms with Crippen molar-refractivity contribution in [3.05, 3.63) is 58.1 Å². The lowest BCUT2D eigenvalue weighted by Gasteiger charge is -2.08. The Bertz CT molecular complexity index is 574. The third kappa shape index (κ3) is 4.27. The summed E-state index contributed by atoms with van der Waals surface area (Å²) in [5, 5.41) is 3.18. The van der Waals surface area contributed by atoms with Crippen LogP contribution in [0.25, 0.3) is 0 Å². The molecule has 0 aliphatic carbocycles. The number of hydrogen-bond donors (Lipinski definition) is 1. The van der Waals surface area contributed by atoms with E-state index in [2.05, 4.69) is 51.6 Å². The summed E-state index contributed by atoms with van der Waals surface area (Å²) < 4.78 is 6.40. The Morgan fingerprint density at radius 2 is 2.05 bits per heavy atom. The van der Waals surface area contributed by atoms with Crippen LogP contribution in [0, 0.1) is 0 Å². The first-order chi connectivity index (χ1) is 9.72. The zero-order chi connectivity index (χ0) is 14.4. The van der Waals surface area contributed by atoms with Crippen molar-refractivity contribution in [3.8, 4) is 5.75 Å². The Morgan fingerprint density at radius 1 is 1.20 bits per heavy atom. The van der Waals surface area contributed by atoms with E-state index in [1.807, 2.05) is 30.9 Å². The van der Waals surface area contributed by atoms with Crippen molar-refractivity contribution in [1.82, 2.24) is 5.32 Å². The topological polar surface area (TPSA) is 21.3 Å². The van der Waals surface area contributed by atoms with E-state index in [1.165, 1.54) is 16.0 Å². The van der Waals surface area contributed by atoms with Crippen molar-refractivity contribution in [3.63, 3.8) is 0 Å². The molecule has 0 amide bonds. The van der Waals surface area contributed by atoms with Crippen molar-refractivity contribution >= 4 is 27.7 Å². The Kier molecular flexibility index (Phi) is 5.95. The average molecular weight is 352 g/mol. The van der Waals surface area contributed by atoms with Crippen LogP contribution in [0.5, 0.6) is 5.75 Å². The molecule has 2 aromatic carbocycles. The molecule has 2 rings (SSSR count). The minimum atomic E-state index is 0.896. The zero-order valence-electron chi connectivity index (χ0n) is 11.7. The van der Waals surface area contributed by atoms with Gasteiger partial charge < -0.3 is 10.1 Å². The molecular formula is C16H18BrNOS. The molecule has 0 unspecified atom stereocenters. The molecule has 2 aromatic rings. The maximum absolute atomic E-state index is 5.27. The molecule has 0 spiro atoms. The predicted octanol–water partition coefficient (Wildman–Crippen LogP) is 4.47. The van der Waals surface area contributed by atoms with Gasteiger partial charge in [0.1, 0.15) is 5.75 Å². The first-order valence-corrected chi connectivity index (χ1v) is 8.19. The smallest absolute Gasteiger partial charge is 0.119 e. The molecule has 0 heterocycles. The number of thioether (sulfide) groups is 1. The minimum absolute atomic E-state index is 0.896. The largest absolute Gasteiger partial charge is 0.497 e. The minimum Gasteiger partial charge on any atom is -0.497 e. The summed E-state index contributed by atoms with van der Waals surface area (Å²) in [6.07, 6.45) is 0. The van der Waals surface area contributed by atoms with Crippen LogP contribution in [-0.4, -0.2) is 14.2 Å². The van der Waals surface area contributed by atoms with Crippen LogP contribution in [0.1, 0.15) is 11.1 Å². The highest BCUT2D eigenvalue weighted by Crippen LogP contribution is 2.29. The van der Waals surface area contributed by atoms with E-state index in [-0.39, 0.29) is 0 Å². The third-order valence-electron chi connectivity index (χ3n) is 2.93. The van der Waals surface area contributed by atoms with Gasteiger partial charge in [0.05, 0.1) is 7.11 Å². The highest BCUT2D eigenvalue weighted by molar-refractivity contribution is 9.10. The van der Waals surface area contributed by atoms with Gasteiger partial charge in [0.2, 0.25) is 0 Å². The van der Waals surface area contributed by atoms with Crippen LogP contribution in [0.15, 0.2) is 51.8 Å². The molecule has 0 saturated carbocycles. The molecule has 20 heavy (non-hydrogen) atoms. The maximum atomic E-state index is 5.27. The number of benzene rings is 2. The Hall–Kier alpha value is -0.970. The van der Waals surface area contributed by atoms with Crippen LogP contribution in [0.3, 0.4) is 0 Å². The molecule has 0 radical (unpaired) electrons. The lowest BCUT2D eigenvalue weighted by Crippen LogP contribution is -2.04. The summed E-state index contributed by atoms with van der Waals surface area (Å²) in [6, 6.07) is 14.7. The van der Waals surface area contributed by atoms with E-state index in [4.69, 9.17) is 4.74 Å². The number of hydrogen-bond acceptors (Lipinski definition) is 3. The number of ether oxygens (including phenoxy) is 1. The van der Waals surface area contributed by atoms with Gasteiger partial charge in [0, 0.05) is 21.7 Å². The molecule has 0 aliphatic rings. The SMILES string of the molecule is CNCc1cccc(SCc2cc(OC)ccc2Br)c1. The number of nitrogens with one attached hydrogen (secondary N) is 1. The average Bonchev–Trinajstić information content (AvgIpc) is 2.47. The third-order valence-corrected chi connectivity index (χ3v) is 4.74. The second-order valence-corrected chi connectivity index (χ2v) is 6.33. The van der Waals surface area contributed by atoms with E-state index < -0.39 is 0 Å². The Balaban J connectivity index is 2.06. The van der Waals surface area contributed by atoms with Gasteiger partial charge in [-0.3, -0.25) is 0 Å². The first kappa shape index (κ1) is 15.4. The number of methoxy groups -OCH3 is 1. The molecule has 1 N–H and O–H groups in total. The van der Waals surface area contributed by atoms with Gasteiger partial charge in [-0.05, 0) is 48.5 Å². The van der Waals surface area contributed by atoms with Crippen LogP contribution < -0.4 is 10.1 Å². The summed E-state index contributed by atoms with van der Waals surface area (Å²) in [7, 11) is 3.66. The van der Waals surface area contributed by atoms with Crippen molar-refractivity contribution in [1.29, 1.82) is 0 Å². The van der Waals surface area contributed by atoms with E-state index in [0.717, 1.165) is 22.5 Å². The monoisotopic (exact) mass is 351 g/mol. The van der Waals surface area contributed by atoms with Crippen molar-refractivity contribution < 1.29 is 4.74 Å². The molecule has 0 fully saturated rings. The van der Waals surface area contributed by atoms with Crippen molar-refractivity contribution in [2.45, 2.75) is 17.2 Å². The van der Waals surface area contributed by atoms with Gasteiger partial charge in [-0.15, -0.1) is 11.8 Å². The molecule has 0 atom stereocenters. The van der Waals surface area contributed by atoms with Crippen molar-refractivity contribution in [2.24, 2.45) is 0 Å². The van der Waals surface area contributed by atoms with Gasteiger partial charge in [-0.25, -0.2) is 0 Å². The molecular weight excluding hydrogens is 334 g/mol. The van der Waals surface area contributed by atoms with Gasteiger partial charge in [-0.2, -0.15) is 0 Å². The molecule has 2 nitrogen and oxygen atoms in total. The van der Waals surface area contributed by atoms with E-state index >= 15 is 0 Å². The van der Waals surface area contributed by atoms with E-state index in [0.29, 0.717) is 0 Å². The first-order valence-electron chi connectivity index (χ1n) is 6.41. The molecule has 106 valence electrons.